The van der Waals surface area contributed by atoms with Crippen molar-refractivity contribution in [2.24, 2.45) is 5.10 Å². The fourth-order valence-electron chi connectivity index (χ4n) is 2.70. The highest BCUT2D eigenvalue weighted by molar-refractivity contribution is 6.10. The minimum atomic E-state index is 0.738. The van der Waals surface area contributed by atoms with Gasteiger partial charge in [-0.15, -0.1) is 0 Å². The summed E-state index contributed by atoms with van der Waals surface area (Å²) in [5.74, 6) is 6.39. The number of nitrogens with one attached hydrogen (secondary N) is 3. The first-order chi connectivity index (χ1) is 13.1. The molecule has 1 aliphatic rings. The molecule has 7 nitrogen and oxygen atoms in total. The Hall–Kier alpha value is -3.79. The maximum Gasteiger partial charge on any atom is 0.124 e. The smallest absolute Gasteiger partial charge is 0.124 e. The van der Waals surface area contributed by atoms with Crippen molar-refractivity contribution in [1.82, 2.24) is 25.8 Å². The quantitative estimate of drug-likeness (QED) is 0.616. The fraction of sp³-hybridized carbons (Fsp3) is 0.150. The van der Waals surface area contributed by atoms with Gasteiger partial charge in [-0.25, -0.2) is 0 Å². The molecule has 0 fully saturated rings. The van der Waals surface area contributed by atoms with Crippen molar-refractivity contribution >= 4 is 11.4 Å². The summed E-state index contributed by atoms with van der Waals surface area (Å²) < 4.78 is 0. The van der Waals surface area contributed by atoms with Crippen molar-refractivity contribution < 1.29 is 0 Å². The van der Waals surface area contributed by atoms with Gasteiger partial charge >= 0.3 is 0 Å². The molecule has 0 amide bonds. The molecule has 0 atom stereocenters. The van der Waals surface area contributed by atoms with E-state index < -0.39 is 0 Å². The summed E-state index contributed by atoms with van der Waals surface area (Å²) in [6.45, 7) is 5.97. The summed E-state index contributed by atoms with van der Waals surface area (Å²) in [6.07, 6.45) is 5.41. The van der Waals surface area contributed by atoms with Gasteiger partial charge in [0.1, 0.15) is 11.4 Å². The van der Waals surface area contributed by atoms with Gasteiger partial charge in [0.2, 0.25) is 0 Å². The highest BCUT2D eigenvalue weighted by Gasteiger charge is 2.19. The molecule has 0 spiro atoms. The average Bonchev–Trinajstić information content (AvgIpc) is 3.29. The van der Waals surface area contributed by atoms with Crippen molar-refractivity contribution in [3.05, 3.63) is 76.5 Å². The second kappa shape index (κ2) is 6.84. The Morgan fingerprint density at radius 1 is 0.889 bits per heavy atom. The lowest BCUT2D eigenvalue weighted by atomic mass is 10.1. The van der Waals surface area contributed by atoms with E-state index in [1.54, 1.807) is 17.5 Å². The monoisotopic (exact) mass is 357 g/mol. The molecular weight excluding hydrogens is 338 g/mol. The standard InChI is InChI=1S/C20H19N7/c1-13-4-6-16(7-5-13)8-9-17-10-19(18-11-21-23-14(18)2)26-27(25-17)20-12-22-24-15(20)3/h4-7,10-12,25H,1-3H3,(H,21,23)(H,22,24). The fourth-order valence-corrected chi connectivity index (χ4v) is 2.70. The zero-order valence-corrected chi connectivity index (χ0v) is 15.3. The highest BCUT2D eigenvalue weighted by atomic mass is 15.7. The second-order valence-electron chi connectivity index (χ2n) is 6.37. The lowest BCUT2D eigenvalue weighted by molar-refractivity contribution is 0.746. The molecule has 1 aromatic carbocycles. The lowest BCUT2D eigenvalue weighted by Gasteiger charge is -2.24. The largest absolute Gasteiger partial charge is 0.282 e. The molecule has 3 N–H and O–H groups in total. The number of hydrazone groups is 1. The molecule has 0 unspecified atom stereocenters. The number of rotatable bonds is 2. The third-order valence-corrected chi connectivity index (χ3v) is 4.25. The number of aromatic nitrogens is 4. The molecule has 0 saturated heterocycles. The number of nitrogens with zero attached hydrogens (tertiary/aromatic N) is 4. The van der Waals surface area contributed by atoms with Crippen molar-refractivity contribution in [2.45, 2.75) is 20.8 Å². The Balaban J connectivity index is 1.72. The van der Waals surface area contributed by atoms with Gasteiger partial charge in [0.25, 0.3) is 0 Å². The maximum absolute atomic E-state index is 4.68. The number of hydrogen-bond donors (Lipinski definition) is 3. The first-order valence-electron chi connectivity index (χ1n) is 8.56. The number of hydrogen-bond acceptors (Lipinski definition) is 5. The molecule has 0 radical (unpaired) electrons. The molecule has 3 aromatic rings. The van der Waals surface area contributed by atoms with Crippen LogP contribution in [0.2, 0.25) is 0 Å². The third kappa shape index (κ3) is 3.46. The van der Waals surface area contributed by atoms with E-state index in [4.69, 9.17) is 0 Å². The topological polar surface area (TPSA) is 85.0 Å². The minimum Gasteiger partial charge on any atom is -0.282 e. The van der Waals surface area contributed by atoms with E-state index in [9.17, 15) is 0 Å². The SMILES string of the molecule is Cc1ccc(C#CC2=CC(c3cn[nH]c3C)=NN(c3cn[nH]c3C)N2)cc1. The van der Waals surface area contributed by atoms with E-state index in [0.717, 1.165) is 39.6 Å². The number of aromatic amines is 2. The normalized spacial score (nSPS) is 13.4. The summed E-state index contributed by atoms with van der Waals surface area (Å²) in [7, 11) is 0. The molecule has 1 aliphatic heterocycles. The second-order valence-corrected chi connectivity index (χ2v) is 6.37. The summed E-state index contributed by atoms with van der Waals surface area (Å²) in [5, 5.41) is 20.4. The molecule has 0 saturated carbocycles. The Morgan fingerprint density at radius 3 is 2.30 bits per heavy atom. The van der Waals surface area contributed by atoms with Crippen LogP contribution in [0.4, 0.5) is 5.69 Å². The van der Waals surface area contributed by atoms with E-state index in [1.165, 1.54) is 5.56 Å². The number of anilines is 1. The van der Waals surface area contributed by atoms with Crippen molar-refractivity contribution in [3.8, 4) is 11.8 Å². The van der Waals surface area contributed by atoms with Crippen LogP contribution in [-0.4, -0.2) is 26.1 Å². The summed E-state index contributed by atoms with van der Waals surface area (Å²) in [6, 6.07) is 8.13. The van der Waals surface area contributed by atoms with Crippen LogP contribution in [0, 0.1) is 32.6 Å². The van der Waals surface area contributed by atoms with E-state index >= 15 is 0 Å². The van der Waals surface area contributed by atoms with Crippen LogP contribution in [0.3, 0.4) is 0 Å². The zero-order chi connectivity index (χ0) is 18.8. The van der Waals surface area contributed by atoms with E-state index in [-0.39, 0.29) is 0 Å². The van der Waals surface area contributed by atoms with Crippen molar-refractivity contribution in [3.63, 3.8) is 0 Å². The minimum absolute atomic E-state index is 0.738. The van der Waals surface area contributed by atoms with Crippen molar-refractivity contribution in [2.75, 3.05) is 5.12 Å². The maximum atomic E-state index is 4.68. The Morgan fingerprint density at radius 2 is 1.63 bits per heavy atom. The van der Waals surface area contributed by atoms with Crippen LogP contribution in [-0.2, 0) is 0 Å². The number of hydrazine groups is 1. The van der Waals surface area contributed by atoms with Gasteiger partial charge in [0.15, 0.2) is 0 Å². The van der Waals surface area contributed by atoms with E-state index in [2.05, 4.69) is 61.8 Å². The highest BCUT2D eigenvalue weighted by Crippen LogP contribution is 2.20. The van der Waals surface area contributed by atoms with Crippen LogP contribution >= 0.6 is 0 Å². The number of benzene rings is 1. The van der Waals surface area contributed by atoms with Crippen LogP contribution in [0.5, 0.6) is 0 Å². The van der Waals surface area contributed by atoms with Gasteiger partial charge in [-0.2, -0.15) is 20.4 Å². The van der Waals surface area contributed by atoms with Crippen LogP contribution in [0.25, 0.3) is 0 Å². The first kappa shape index (κ1) is 16.7. The molecule has 3 heterocycles. The molecule has 0 bridgehead atoms. The summed E-state index contributed by atoms with van der Waals surface area (Å²) in [5.41, 5.74) is 10.5. The van der Waals surface area contributed by atoms with Gasteiger partial charge in [0.05, 0.1) is 23.8 Å². The third-order valence-electron chi connectivity index (χ3n) is 4.25. The number of aryl methyl sites for hydroxylation is 3. The molecule has 2 aromatic heterocycles. The summed E-state index contributed by atoms with van der Waals surface area (Å²) in [4.78, 5) is 0. The first-order valence-corrected chi connectivity index (χ1v) is 8.56. The van der Waals surface area contributed by atoms with Gasteiger partial charge < -0.3 is 0 Å². The van der Waals surface area contributed by atoms with E-state index in [0.29, 0.717) is 0 Å². The molecule has 0 aliphatic carbocycles. The van der Waals surface area contributed by atoms with E-state index in [1.807, 2.05) is 32.1 Å². The van der Waals surface area contributed by atoms with Crippen LogP contribution in [0.15, 0.2) is 53.5 Å². The van der Waals surface area contributed by atoms with Gasteiger partial charge in [-0.3, -0.25) is 15.6 Å². The van der Waals surface area contributed by atoms with Crippen molar-refractivity contribution in [1.29, 1.82) is 0 Å². The molecular formula is C20H19N7. The van der Waals surface area contributed by atoms with Gasteiger partial charge in [-0.05, 0) is 38.8 Å². The Kier molecular flexibility index (Phi) is 4.22. The molecule has 27 heavy (non-hydrogen) atoms. The molecule has 4 rings (SSSR count). The predicted molar refractivity (Wildman–Crippen MR) is 105 cm³/mol. The molecule has 7 heteroatoms. The predicted octanol–water partition coefficient (Wildman–Crippen LogP) is 2.72. The average molecular weight is 357 g/mol. The Bertz CT molecular complexity index is 1090. The van der Waals surface area contributed by atoms with Crippen LogP contribution in [0.1, 0.15) is 28.1 Å². The lowest BCUT2D eigenvalue weighted by Crippen LogP contribution is -2.37. The molecule has 134 valence electrons. The Labute approximate surface area is 157 Å². The summed E-state index contributed by atoms with van der Waals surface area (Å²) >= 11 is 0. The number of H-pyrrole nitrogens is 2. The van der Waals surface area contributed by atoms with Gasteiger partial charge in [0, 0.05) is 22.9 Å². The number of allylic oxidation sites excluding steroid dienone is 2. The van der Waals surface area contributed by atoms with Crippen LogP contribution < -0.4 is 10.5 Å². The zero-order valence-electron chi connectivity index (χ0n) is 15.3. The van der Waals surface area contributed by atoms with Gasteiger partial charge in [-0.1, -0.05) is 23.6 Å².